The van der Waals surface area contributed by atoms with Gasteiger partial charge in [0.2, 0.25) is 11.5 Å². The zero-order chi connectivity index (χ0) is 34.0. The maximum Gasteiger partial charge on any atom is 0.352 e. The number of aromatic nitrogens is 2. The SMILES string of the molecule is CC(C)(C)NCC(=O)Nc1cc[n+](CC2=C(C(=O)O)N3C(=O)[C@@H](NC(=O)/C(=N\OC(C)(C)C(=O)O)c4csc(N)n4)C3SC2)cc1. The van der Waals surface area contributed by atoms with Crippen LogP contribution in [0, 0.1) is 0 Å². The van der Waals surface area contributed by atoms with Gasteiger partial charge in [0.1, 0.15) is 22.8 Å². The molecule has 246 valence electrons. The summed E-state index contributed by atoms with van der Waals surface area (Å²) in [6.45, 7) is 8.65. The number of amides is 3. The van der Waals surface area contributed by atoms with E-state index in [-0.39, 0.29) is 46.8 Å². The fourth-order valence-electron chi connectivity index (χ4n) is 4.23. The van der Waals surface area contributed by atoms with Crippen LogP contribution in [-0.2, 0) is 35.4 Å². The molecular formula is C28H35N8O8S2+. The van der Waals surface area contributed by atoms with Gasteiger partial charge in [-0.25, -0.2) is 19.1 Å². The van der Waals surface area contributed by atoms with Crippen molar-refractivity contribution >= 4 is 69.3 Å². The van der Waals surface area contributed by atoms with E-state index >= 15 is 0 Å². The summed E-state index contributed by atoms with van der Waals surface area (Å²) in [6, 6.07) is 2.28. The number of carboxylic acids is 2. The first-order chi connectivity index (χ1) is 21.5. The number of pyridine rings is 1. The van der Waals surface area contributed by atoms with E-state index in [4.69, 9.17) is 10.6 Å². The largest absolute Gasteiger partial charge is 0.478 e. The minimum atomic E-state index is -1.77. The van der Waals surface area contributed by atoms with Crippen LogP contribution in [0.5, 0.6) is 0 Å². The molecule has 2 aliphatic rings. The molecule has 0 bridgehead atoms. The van der Waals surface area contributed by atoms with E-state index in [0.29, 0.717) is 11.3 Å². The summed E-state index contributed by atoms with van der Waals surface area (Å²) >= 11 is 2.29. The summed E-state index contributed by atoms with van der Waals surface area (Å²) in [5.74, 6) is -4.09. The molecule has 0 aliphatic carbocycles. The highest BCUT2D eigenvalue weighted by Gasteiger charge is 2.55. The lowest BCUT2D eigenvalue weighted by Crippen LogP contribution is -2.71. The van der Waals surface area contributed by atoms with Gasteiger partial charge in [-0.3, -0.25) is 19.3 Å². The lowest BCUT2D eigenvalue weighted by molar-refractivity contribution is -0.688. The van der Waals surface area contributed by atoms with Gasteiger partial charge in [0.15, 0.2) is 29.8 Å². The molecule has 2 aliphatic heterocycles. The average molecular weight is 676 g/mol. The van der Waals surface area contributed by atoms with E-state index in [1.54, 1.807) is 29.1 Å². The van der Waals surface area contributed by atoms with Gasteiger partial charge in [-0.05, 0) is 34.6 Å². The normalized spacial score (nSPS) is 18.4. The Morgan fingerprint density at radius 1 is 1.17 bits per heavy atom. The zero-order valence-corrected chi connectivity index (χ0v) is 27.3. The van der Waals surface area contributed by atoms with Gasteiger partial charge in [-0.15, -0.1) is 23.1 Å². The van der Waals surface area contributed by atoms with E-state index < -0.39 is 46.5 Å². The van der Waals surface area contributed by atoms with E-state index in [1.165, 1.54) is 31.0 Å². The van der Waals surface area contributed by atoms with Crippen LogP contribution >= 0.6 is 23.1 Å². The second-order valence-electron chi connectivity index (χ2n) is 11.9. The van der Waals surface area contributed by atoms with Crippen LogP contribution in [0.3, 0.4) is 0 Å². The standard InChI is InChI=1S/C28H34N8O8S2/c1-27(2,3)30-10-17(37)31-15-6-8-35(9-7-15)11-14-12-45-23-19(22(39)36(23)20(14)24(40)41)33-21(38)18(16-13-46-26(29)32-16)34-44-28(4,5)25(42)43/h6-9,13,19,23,30H,10-12H2,1-5H3,(H5,29,32,33,38,40,41,42,43)/p+1/b34-18-/t19-,23?/m1/s1. The third kappa shape index (κ3) is 7.99. The van der Waals surface area contributed by atoms with Crippen molar-refractivity contribution in [2.24, 2.45) is 5.16 Å². The first kappa shape index (κ1) is 34.3. The molecule has 7 N–H and O–H groups in total. The van der Waals surface area contributed by atoms with Gasteiger partial charge < -0.3 is 36.7 Å². The lowest BCUT2D eigenvalue weighted by atomic mass is 10.0. The molecule has 2 aromatic rings. The predicted molar refractivity (Wildman–Crippen MR) is 169 cm³/mol. The third-order valence-electron chi connectivity index (χ3n) is 6.72. The molecule has 0 aromatic carbocycles. The van der Waals surface area contributed by atoms with Crippen molar-refractivity contribution in [1.29, 1.82) is 0 Å². The minimum Gasteiger partial charge on any atom is -0.478 e. The summed E-state index contributed by atoms with van der Waals surface area (Å²) in [7, 11) is 0. The molecule has 46 heavy (non-hydrogen) atoms. The van der Waals surface area contributed by atoms with Crippen LogP contribution in [0.15, 0.2) is 46.3 Å². The number of oxime groups is 1. The Kier molecular flexibility index (Phi) is 10.0. The number of rotatable bonds is 12. The number of carbonyl (C=O) groups excluding carboxylic acids is 3. The highest BCUT2D eigenvalue weighted by atomic mass is 32.2. The molecule has 0 radical (unpaired) electrons. The van der Waals surface area contributed by atoms with Crippen molar-refractivity contribution < 1.29 is 43.6 Å². The number of thioether (sulfide) groups is 1. The van der Waals surface area contributed by atoms with Crippen molar-refractivity contribution in [2.45, 2.75) is 63.7 Å². The molecule has 4 heterocycles. The maximum atomic E-state index is 13.3. The quantitative estimate of drug-likeness (QED) is 0.0776. The van der Waals surface area contributed by atoms with Gasteiger partial charge in [0.05, 0.1) is 12.2 Å². The second kappa shape index (κ2) is 13.4. The van der Waals surface area contributed by atoms with Crippen LogP contribution < -0.4 is 26.3 Å². The third-order valence-corrected chi connectivity index (χ3v) is 8.74. The summed E-state index contributed by atoms with van der Waals surface area (Å²) in [6.07, 6.45) is 3.38. The molecule has 0 spiro atoms. The number of aliphatic carboxylic acids is 2. The van der Waals surface area contributed by atoms with Gasteiger partial charge in [-0.2, -0.15) is 0 Å². The van der Waals surface area contributed by atoms with Crippen molar-refractivity contribution in [3.63, 3.8) is 0 Å². The molecular weight excluding hydrogens is 640 g/mol. The molecule has 2 atom stereocenters. The van der Waals surface area contributed by atoms with Gasteiger partial charge in [-0.1, -0.05) is 5.16 Å². The number of fused-ring (bicyclic) bond motifs is 1. The van der Waals surface area contributed by atoms with Gasteiger partial charge in [0, 0.05) is 34.4 Å². The Morgan fingerprint density at radius 2 is 1.85 bits per heavy atom. The van der Waals surface area contributed by atoms with Gasteiger partial charge >= 0.3 is 11.9 Å². The molecule has 1 fully saturated rings. The Morgan fingerprint density at radius 3 is 2.41 bits per heavy atom. The summed E-state index contributed by atoms with van der Waals surface area (Å²) in [5, 5.41) is 32.4. The number of nitrogens with two attached hydrogens (primary N) is 1. The van der Waals surface area contributed by atoms with E-state index in [2.05, 4.69) is 26.1 Å². The first-order valence-electron chi connectivity index (χ1n) is 13.9. The number of carboxylic acid groups (broad SMARTS) is 2. The average Bonchev–Trinajstić information content (AvgIpc) is 3.40. The Hall–Kier alpha value is -4.55. The number of anilines is 2. The first-order valence-corrected chi connectivity index (χ1v) is 15.9. The van der Waals surface area contributed by atoms with Crippen LogP contribution in [0.25, 0.3) is 0 Å². The Labute approximate surface area is 272 Å². The molecule has 18 heteroatoms. The molecule has 16 nitrogen and oxygen atoms in total. The van der Waals surface area contributed by atoms with Crippen molar-refractivity contribution in [3.8, 4) is 0 Å². The highest BCUT2D eigenvalue weighted by molar-refractivity contribution is 8.00. The number of thiazole rings is 1. The van der Waals surface area contributed by atoms with Crippen LogP contribution in [0.2, 0.25) is 0 Å². The number of hydrogen-bond donors (Lipinski definition) is 6. The molecule has 3 amide bonds. The fraction of sp³-hybridized carbons (Fsp3) is 0.429. The number of β-lactam (4-membered cyclic amide) rings is 1. The number of nitrogens with one attached hydrogen (secondary N) is 3. The fourth-order valence-corrected chi connectivity index (χ4v) is 6.11. The van der Waals surface area contributed by atoms with Crippen LogP contribution in [-0.4, -0.2) is 90.3 Å². The number of carbonyl (C=O) groups is 5. The monoisotopic (exact) mass is 675 g/mol. The predicted octanol–water partition coefficient (Wildman–Crippen LogP) is 0.362. The summed E-state index contributed by atoms with van der Waals surface area (Å²) in [5.41, 5.74) is 4.20. The molecule has 1 saturated heterocycles. The molecule has 1 unspecified atom stereocenters. The smallest absolute Gasteiger partial charge is 0.352 e. The summed E-state index contributed by atoms with van der Waals surface area (Å²) < 4.78 is 1.73. The van der Waals surface area contributed by atoms with Crippen LogP contribution in [0.1, 0.15) is 40.3 Å². The Bertz CT molecular complexity index is 1610. The van der Waals surface area contributed by atoms with Crippen molar-refractivity contribution in [3.05, 3.63) is 46.9 Å². The highest BCUT2D eigenvalue weighted by Crippen LogP contribution is 2.40. The van der Waals surface area contributed by atoms with Crippen LogP contribution in [0.4, 0.5) is 10.8 Å². The molecule has 2 aromatic heterocycles. The number of nitrogen functional groups attached to an aromatic ring is 1. The zero-order valence-electron chi connectivity index (χ0n) is 25.7. The topological polar surface area (TPSA) is 230 Å². The summed E-state index contributed by atoms with van der Waals surface area (Å²) in [4.78, 5) is 72.8. The molecule has 4 rings (SSSR count). The minimum absolute atomic E-state index is 0.0127. The maximum absolute atomic E-state index is 13.3. The number of hydrogen-bond acceptors (Lipinski definition) is 12. The van der Waals surface area contributed by atoms with Gasteiger partial charge in [0.25, 0.3) is 11.8 Å². The van der Waals surface area contributed by atoms with Crippen molar-refractivity contribution in [1.82, 2.24) is 20.5 Å². The second-order valence-corrected chi connectivity index (χ2v) is 13.9. The van der Waals surface area contributed by atoms with Crippen molar-refractivity contribution in [2.75, 3.05) is 23.3 Å². The van der Waals surface area contributed by atoms with E-state index in [1.807, 2.05) is 20.8 Å². The Balaban J connectivity index is 1.46. The lowest BCUT2D eigenvalue weighted by Gasteiger charge is -2.49. The molecule has 0 saturated carbocycles. The van der Waals surface area contributed by atoms with E-state index in [9.17, 15) is 34.2 Å². The number of nitrogens with zero attached hydrogens (tertiary/aromatic N) is 4. The van der Waals surface area contributed by atoms with E-state index in [0.717, 1.165) is 16.2 Å².